The minimum absolute atomic E-state index is 0.0517. The van der Waals surface area contributed by atoms with Gasteiger partial charge < -0.3 is 5.73 Å². The van der Waals surface area contributed by atoms with E-state index >= 15 is 0 Å². The van der Waals surface area contributed by atoms with Crippen LogP contribution < -0.4 is 5.73 Å². The minimum Gasteiger partial charge on any atom is -0.383 e. The third kappa shape index (κ3) is 1.51. The molecule has 6 heteroatoms. The number of benzene rings is 1. The molecule has 0 saturated carbocycles. The average Bonchev–Trinajstić information content (AvgIpc) is 2.25. The molecular formula is C10H4BrClFN3. The summed E-state index contributed by atoms with van der Waals surface area (Å²) in [7, 11) is 0. The summed E-state index contributed by atoms with van der Waals surface area (Å²) in [4.78, 5) is 3.83. The number of nitrogens with two attached hydrogens (primary N) is 1. The van der Waals surface area contributed by atoms with Gasteiger partial charge in [-0.1, -0.05) is 11.6 Å². The van der Waals surface area contributed by atoms with E-state index in [1.807, 2.05) is 6.07 Å². The Morgan fingerprint density at radius 1 is 1.50 bits per heavy atom. The molecule has 80 valence electrons. The monoisotopic (exact) mass is 299 g/mol. The van der Waals surface area contributed by atoms with Crippen LogP contribution >= 0.6 is 27.5 Å². The molecular weight excluding hydrogens is 296 g/mol. The summed E-state index contributed by atoms with van der Waals surface area (Å²) in [6, 6.07) is 4.92. The molecule has 0 radical (unpaired) electrons. The summed E-state index contributed by atoms with van der Waals surface area (Å²) in [5.41, 5.74) is 5.63. The van der Waals surface area contributed by atoms with Gasteiger partial charge in [-0.05, 0) is 28.1 Å². The summed E-state index contributed by atoms with van der Waals surface area (Å²) in [6.07, 6.45) is 0. The number of nitriles is 1. The fraction of sp³-hybridized carbons (Fsp3) is 0. The number of halogens is 3. The summed E-state index contributed by atoms with van der Waals surface area (Å²) in [6.45, 7) is 0. The average molecular weight is 301 g/mol. The molecule has 0 fully saturated rings. The molecule has 0 unspecified atom stereocenters. The normalized spacial score (nSPS) is 10.4. The molecule has 2 aromatic rings. The highest BCUT2D eigenvalue weighted by atomic mass is 79.9. The number of fused-ring (bicyclic) bond motifs is 1. The van der Waals surface area contributed by atoms with Crippen molar-refractivity contribution in [1.29, 1.82) is 5.26 Å². The van der Waals surface area contributed by atoms with Crippen LogP contribution in [0, 0.1) is 17.1 Å². The van der Waals surface area contributed by atoms with Gasteiger partial charge in [0.1, 0.15) is 23.0 Å². The summed E-state index contributed by atoms with van der Waals surface area (Å²) >= 11 is 8.98. The van der Waals surface area contributed by atoms with Crippen molar-refractivity contribution in [1.82, 2.24) is 4.98 Å². The predicted octanol–water partition coefficient (Wildman–Crippen LogP) is 3.24. The zero-order valence-electron chi connectivity index (χ0n) is 7.76. The molecule has 1 heterocycles. The number of nitrogen functional groups attached to an aromatic ring is 1. The van der Waals surface area contributed by atoms with Crippen LogP contribution in [-0.2, 0) is 0 Å². The summed E-state index contributed by atoms with van der Waals surface area (Å²) in [5.74, 6) is -0.618. The van der Waals surface area contributed by atoms with Gasteiger partial charge in [0.15, 0.2) is 5.82 Å². The Kier molecular flexibility index (Phi) is 2.70. The van der Waals surface area contributed by atoms with Gasteiger partial charge in [0.25, 0.3) is 0 Å². The molecule has 0 aliphatic heterocycles. The van der Waals surface area contributed by atoms with Crippen molar-refractivity contribution < 1.29 is 4.39 Å². The van der Waals surface area contributed by atoms with Gasteiger partial charge in [-0.15, -0.1) is 0 Å². The molecule has 2 rings (SSSR count). The largest absolute Gasteiger partial charge is 0.383 e. The van der Waals surface area contributed by atoms with Crippen LogP contribution in [0.2, 0.25) is 5.02 Å². The smallest absolute Gasteiger partial charge is 0.163 e. The molecule has 0 aliphatic carbocycles. The molecule has 2 N–H and O–H groups in total. The number of hydrogen-bond acceptors (Lipinski definition) is 3. The number of aromatic nitrogens is 1. The lowest BCUT2D eigenvalue weighted by Crippen LogP contribution is -1.98. The van der Waals surface area contributed by atoms with Gasteiger partial charge in [0.05, 0.1) is 9.50 Å². The Labute approximate surface area is 104 Å². The van der Waals surface area contributed by atoms with Crippen LogP contribution in [0.3, 0.4) is 0 Å². The Morgan fingerprint density at radius 2 is 2.19 bits per heavy atom. The Hall–Kier alpha value is -1.38. The lowest BCUT2D eigenvalue weighted by molar-refractivity contribution is 0.630. The Bertz CT molecular complexity index is 636. The van der Waals surface area contributed by atoms with Crippen LogP contribution in [0.1, 0.15) is 5.56 Å². The van der Waals surface area contributed by atoms with E-state index < -0.39 is 5.82 Å². The van der Waals surface area contributed by atoms with Crippen molar-refractivity contribution in [3.8, 4) is 6.07 Å². The van der Waals surface area contributed by atoms with E-state index in [9.17, 15) is 4.39 Å². The van der Waals surface area contributed by atoms with Gasteiger partial charge in [0.2, 0.25) is 0 Å². The number of pyridine rings is 1. The van der Waals surface area contributed by atoms with E-state index in [4.69, 9.17) is 22.6 Å². The zero-order valence-corrected chi connectivity index (χ0v) is 10.1. The third-order valence-electron chi connectivity index (χ3n) is 2.13. The summed E-state index contributed by atoms with van der Waals surface area (Å²) in [5, 5.41) is 9.32. The highest BCUT2D eigenvalue weighted by Gasteiger charge is 2.15. The maximum Gasteiger partial charge on any atom is 0.163 e. The lowest BCUT2D eigenvalue weighted by Gasteiger charge is -2.06. The SMILES string of the molecule is N#Cc1c(N)nc2c(F)c(Br)ccc2c1Cl. The van der Waals surface area contributed by atoms with Crippen molar-refractivity contribution in [2.24, 2.45) is 0 Å². The molecule has 0 spiro atoms. The Balaban J connectivity index is 3.00. The van der Waals surface area contributed by atoms with E-state index in [0.717, 1.165) is 0 Å². The highest BCUT2D eigenvalue weighted by Crippen LogP contribution is 2.32. The van der Waals surface area contributed by atoms with Crippen LogP contribution in [0.25, 0.3) is 10.9 Å². The van der Waals surface area contributed by atoms with Crippen LogP contribution in [0.4, 0.5) is 10.2 Å². The molecule has 0 saturated heterocycles. The molecule has 3 nitrogen and oxygen atoms in total. The molecule has 0 amide bonds. The molecule has 1 aromatic carbocycles. The standard InChI is InChI=1S/C10H4BrClFN3/c11-6-2-1-4-7(12)5(3-14)10(15)16-9(4)8(6)13/h1-2H,(H2,15,16). The maximum atomic E-state index is 13.7. The first kappa shape index (κ1) is 11.1. The van der Waals surface area contributed by atoms with Crippen molar-refractivity contribution in [3.63, 3.8) is 0 Å². The molecule has 1 aromatic heterocycles. The molecule has 0 bridgehead atoms. The van der Waals surface area contributed by atoms with Crippen molar-refractivity contribution >= 4 is 44.3 Å². The Morgan fingerprint density at radius 3 is 2.81 bits per heavy atom. The maximum absolute atomic E-state index is 13.7. The zero-order chi connectivity index (χ0) is 11.9. The van der Waals surface area contributed by atoms with Crippen molar-refractivity contribution in [2.45, 2.75) is 0 Å². The molecule has 0 aliphatic rings. The van der Waals surface area contributed by atoms with Crippen LogP contribution in [0.5, 0.6) is 0 Å². The number of anilines is 1. The topological polar surface area (TPSA) is 62.7 Å². The van der Waals surface area contributed by atoms with Gasteiger partial charge in [-0.2, -0.15) is 5.26 Å². The van der Waals surface area contributed by atoms with E-state index in [1.165, 1.54) is 6.07 Å². The number of nitrogens with zero attached hydrogens (tertiary/aromatic N) is 2. The fourth-order valence-corrected chi connectivity index (χ4v) is 1.97. The number of hydrogen-bond donors (Lipinski definition) is 1. The first-order valence-corrected chi connectivity index (χ1v) is 5.36. The molecule has 16 heavy (non-hydrogen) atoms. The lowest BCUT2D eigenvalue weighted by atomic mass is 10.1. The number of rotatable bonds is 0. The minimum atomic E-state index is -0.546. The van der Waals surface area contributed by atoms with Crippen molar-refractivity contribution in [2.75, 3.05) is 5.73 Å². The molecule has 0 atom stereocenters. The second-order valence-corrected chi connectivity index (χ2v) is 4.29. The van der Waals surface area contributed by atoms with E-state index in [0.29, 0.717) is 5.39 Å². The highest BCUT2D eigenvalue weighted by molar-refractivity contribution is 9.10. The second-order valence-electron chi connectivity index (χ2n) is 3.06. The van der Waals surface area contributed by atoms with Crippen LogP contribution in [0.15, 0.2) is 16.6 Å². The van der Waals surface area contributed by atoms with E-state index in [1.54, 1.807) is 6.07 Å². The fourth-order valence-electron chi connectivity index (χ4n) is 1.36. The van der Waals surface area contributed by atoms with Crippen LogP contribution in [-0.4, -0.2) is 4.98 Å². The predicted molar refractivity (Wildman–Crippen MR) is 63.5 cm³/mol. The second kappa shape index (κ2) is 3.89. The first-order valence-electron chi connectivity index (χ1n) is 4.19. The summed E-state index contributed by atoms with van der Waals surface area (Å²) < 4.78 is 14.0. The first-order chi connectivity index (χ1) is 7.56. The van der Waals surface area contributed by atoms with E-state index in [-0.39, 0.29) is 26.4 Å². The van der Waals surface area contributed by atoms with Gasteiger partial charge in [-0.3, -0.25) is 0 Å². The van der Waals surface area contributed by atoms with Gasteiger partial charge >= 0.3 is 0 Å². The quantitative estimate of drug-likeness (QED) is 0.812. The van der Waals surface area contributed by atoms with Crippen molar-refractivity contribution in [3.05, 3.63) is 33.0 Å². The van der Waals surface area contributed by atoms with Gasteiger partial charge in [0, 0.05) is 5.39 Å². The van der Waals surface area contributed by atoms with E-state index in [2.05, 4.69) is 20.9 Å². The third-order valence-corrected chi connectivity index (χ3v) is 3.13. The van der Waals surface area contributed by atoms with Gasteiger partial charge in [-0.25, -0.2) is 9.37 Å².